The van der Waals surface area contributed by atoms with Crippen LogP contribution >= 0.6 is 0 Å². The van der Waals surface area contributed by atoms with E-state index >= 15 is 0 Å². The fourth-order valence-corrected chi connectivity index (χ4v) is 1.20. The molecule has 3 nitrogen and oxygen atoms in total. The van der Waals surface area contributed by atoms with Crippen molar-refractivity contribution in [2.75, 3.05) is 0 Å². The molecule has 0 N–H and O–H groups in total. The number of hydrogen-bond acceptors (Lipinski definition) is 2. The molecule has 1 aromatic carbocycles. The van der Waals surface area contributed by atoms with Crippen molar-refractivity contribution in [2.24, 2.45) is 0 Å². The van der Waals surface area contributed by atoms with Gasteiger partial charge in [-0.15, -0.1) is 0 Å². The van der Waals surface area contributed by atoms with E-state index in [1.807, 2.05) is 36.4 Å². The molecule has 0 amide bonds. The standard InChI is InChI=1S/C12H10N2O/c15-12-7-4-9-13-14(12)10-8-11-5-2-1-3-6-11/h1-10H/b10-8+. The molecule has 2 rings (SSSR count). The molecule has 0 radical (unpaired) electrons. The van der Waals surface area contributed by atoms with E-state index < -0.39 is 0 Å². The minimum atomic E-state index is -0.135. The average Bonchev–Trinajstić information content (AvgIpc) is 2.29. The summed E-state index contributed by atoms with van der Waals surface area (Å²) in [5, 5.41) is 3.91. The van der Waals surface area contributed by atoms with Gasteiger partial charge in [-0.3, -0.25) is 4.79 Å². The molecule has 74 valence electrons. The van der Waals surface area contributed by atoms with Crippen LogP contribution < -0.4 is 5.56 Å². The Bertz CT molecular complexity index is 514. The van der Waals surface area contributed by atoms with Gasteiger partial charge in [0.1, 0.15) is 0 Å². The molecule has 0 spiro atoms. The maximum absolute atomic E-state index is 11.3. The Morgan fingerprint density at radius 3 is 2.60 bits per heavy atom. The number of aromatic nitrogens is 2. The first-order valence-corrected chi connectivity index (χ1v) is 4.63. The number of rotatable bonds is 2. The highest BCUT2D eigenvalue weighted by molar-refractivity contribution is 5.59. The second-order valence-corrected chi connectivity index (χ2v) is 3.03. The molecular formula is C12H10N2O. The Labute approximate surface area is 87.3 Å². The van der Waals surface area contributed by atoms with E-state index in [4.69, 9.17) is 0 Å². The van der Waals surface area contributed by atoms with Crippen LogP contribution in [-0.4, -0.2) is 9.78 Å². The highest BCUT2D eigenvalue weighted by Gasteiger charge is 1.88. The molecular weight excluding hydrogens is 188 g/mol. The molecule has 0 saturated carbocycles. The fourth-order valence-electron chi connectivity index (χ4n) is 1.20. The van der Waals surface area contributed by atoms with E-state index in [9.17, 15) is 4.79 Å². The molecule has 1 aromatic heterocycles. The Hall–Kier alpha value is -2.16. The van der Waals surface area contributed by atoms with Crippen LogP contribution in [0, 0.1) is 0 Å². The second-order valence-electron chi connectivity index (χ2n) is 3.03. The largest absolute Gasteiger partial charge is 0.270 e. The Morgan fingerprint density at radius 2 is 1.87 bits per heavy atom. The Morgan fingerprint density at radius 1 is 1.07 bits per heavy atom. The minimum absolute atomic E-state index is 0.135. The zero-order valence-corrected chi connectivity index (χ0v) is 8.08. The SMILES string of the molecule is O=c1cccnn1/C=C/c1ccccc1. The summed E-state index contributed by atoms with van der Waals surface area (Å²) in [5.41, 5.74) is 0.903. The van der Waals surface area contributed by atoms with Crippen molar-refractivity contribution in [1.82, 2.24) is 9.78 Å². The van der Waals surface area contributed by atoms with E-state index in [0.717, 1.165) is 5.56 Å². The van der Waals surface area contributed by atoms with Crippen LogP contribution in [0.3, 0.4) is 0 Å². The van der Waals surface area contributed by atoms with E-state index in [-0.39, 0.29) is 5.56 Å². The molecule has 0 atom stereocenters. The number of nitrogens with zero attached hydrogens (tertiary/aromatic N) is 2. The summed E-state index contributed by atoms with van der Waals surface area (Å²) in [6.45, 7) is 0. The zero-order valence-electron chi connectivity index (χ0n) is 8.08. The third kappa shape index (κ3) is 2.40. The molecule has 1 heterocycles. The summed E-state index contributed by atoms with van der Waals surface area (Å²) in [4.78, 5) is 11.3. The second kappa shape index (κ2) is 4.37. The minimum Gasteiger partial charge on any atom is -0.267 e. The molecule has 0 fully saturated rings. The van der Waals surface area contributed by atoms with Gasteiger partial charge in [-0.1, -0.05) is 30.3 Å². The quantitative estimate of drug-likeness (QED) is 0.738. The van der Waals surface area contributed by atoms with E-state index in [1.165, 1.54) is 10.7 Å². The zero-order chi connectivity index (χ0) is 10.5. The summed E-state index contributed by atoms with van der Waals surface area (Å²) in [5.74, 6) is 0. The van der Waals surface area contributed by atoms with Crippen molar-refractivity contribution in [1.29, 1.82) is 0 Å². The van der Waals surface area contributed by atoms with Crippen LogP contribution in [-0.2, 0) is 0 Å². The van der Waals surface area contributed by atoms with Crippen LogP contribution in [0.1, 0.15) is 5.56 Å². The van der Waals surface area contributed by atoms with Crippen LogP contribution in [0.25, 0.3) is 12.3 Å². The molecule has 0 unspecified atom stereocenters. The van der Waals surface area contributed by atoms with Gasteiger partial charge in [-0.25, -0.2) is 4.68 Å². The van der Waals surface area contributed by atoms with Gasteiger partial charge in [0.25, 0.3) is 5.56 Å². The lowest BCUT2D eigenvalue weighted by Gasteiger charge is -1.94. The fraction of sp³-hybridized carbons (Fsp3) is 0. The van der Waals surface area contributed by atoms with Gasteiger partial charge in [-0.05, 0) is 17.7 Å². The predicted octanol–water partition coefficient (Wildman–Crippen LogP) is 1.87. The van der Waals surface area contributed by atoms with Gasteiger partial charge < -0.3 is 0 Å². The van der Waals surface area contributed by atoms with Crippen molar-refractivity contribution >= 4 is 12.3 Å². The lowest BCUT2D eigenvalue weighted by molar-refractivity contribution is 0.854. The lowest BCUT2D eigenvalue weighted by Crippen LogP contribution is -2.15. The van der Waals surface area contributed by atoms with Crippen molar-refractivity contribution in [3.8, 4) is 0 Å². The summed E-state index contributed by atoms with van der Waals surface area (Å²) >= 11 is 0. The molecule has 3 heteroatoms. The van der Waals surface area contributed by atoms with Crippen LogP contribution in [0.5, 0.6) is 0 Å². The van der Waals surface area contributed by atoms with Crippen molar-refractivity contribution in [2.45, 2.75) is 0 Å². The molecule has 2 aromatic rings. The Kier molecular flexibility index (Phi) is 2.74. The highest BCUT2D eigenvalue weighted by atomic mass is 16.1. The smallest absolute Gasteiger partial charge is 0.267 e. The van der Waals surface area contributed by atoms with E-state index in [0.29, 0.717) is 0 Å². The predicted molar refractivity (Wildman–Crippen MR) is 60.2 cm³/mol. The molecule has 0 aliphatic rings. The van der Waals surface area contributed by atoms with Gasteiger partial charge in [0.15, 0.2) is 0 Å². The van der Waals surface area contributed by atoms with Crippen molar-refractivity contribution in [3.63, 3.8) is 0 Å². The van der Waals surface area contributed by atoms with Crippen molar-refractivity contribution in [3.05, 3.63) is 64.6 Å². The summed E-state index contributed by atoms with van der Waals surface area (Å²) in [6.07, 6.45) is 5.07. The molecule has 0 aliphatic carbocycles. The molecule has 0 aliphatic heterocycles. The van der Waals surface area contributed by atoms with Gasteiger partial charge in [0.2, 0.25) is 0 Å². The number of hydrogen-bond donors (Lipinski definition) is 0. The molecule has 0 saturated heterocycles. The first kappa shape index (κ1) is 9.40. The van der Waals surface area contributed by atoms with Crippen LogP contribution in [0.15, 0.2) is 53.5 Å². The van der Waals surface area contributed by atoms with E-state index in [2.05, 4.69) is 5.10 Å². The highest BCUT2D eigenvalue weighted by Crippen LogP contribution is 2.00. The first-order valence-electron chi connectivity index (χ1n) is 4.63. The van der Waals surface area contributed by atoms with Gasteiger partial charge in [0.05, 0.1) is 0 Å². The maximum Gasteiger partial charge on any atom is 0.270 e. The number of benzene rings is 1. The topological polar surface area (TPSA) is 34.9 Å². The first-order chi connectivity index (χ1) is 7.36. The van der Waals surface area contributed by atoms with Gasteiger partial charge in [-0.2, -0.15) is 5.10 Å². The van der Waals surface area contributed by atoms with Gasteiger partial charge in [0, 0.05) is 18.5 Å². The Balaban J connectivity index is 2.27. The van der Waals surface area contributed by atoms with Gasteiger partial charge >= 0.3 is 0 Å². The monoisotopic (exact) mass is 198 g/mol. The summed E-state index contributed by atoms with van der Waals surface area (Å²) in [6, 6.07) is 12.9. The molecule has 15 heavy (non-hydrogen) atoms. The normalized spacial score (nSPS) is 10.7. The van der Waals surface area contributed by atoms with Crippen LogP contribution in [0.2, 0.25) is 0 Å². The summed E-state index contributed by atoms with van der Waals surface area (Å²) in [7, 11) is 0. The molecule has 0 bridgehead atoms. The third-order valence-corrected chi connectivity index (χ3v) is 1.95. The van der Waals surface area contributed by atoms with Crippen molar-refractivity contribution < 1.29 is 0 Å². The average molecular weight is 198 g/mol. The summed E-state index contributed by atoms with van der Waals surface area (Å²) < 4.78 is 1.30. The third-order valence-electron chi connectivity index (χ3n) is 1.95. The maximum atomic E-state index is 11.3. The van der Waals surface area contributed by atoms with Crippen LogP contribution in [0.4, 0.5) is 0 Å². The van der Waals surface area contributed by atoms with E-state index in [1.54, 1.807) is 18.5 Å². The lowest BCUT2D eigenvalue weighted by atomic mass is 10.2.